The van der Waals surface area contributed by atoms with Crippen LogP contribution in [0, 0.1) is 5.41 Å². The molecule has 0 bridgehead atoms. The maximum atomic E-state index is 5.23. The van der Waals surface area contributed by atoms with E-state index < -0.39 is 0 Å². The molecule has 0 amide bonds. The van der Waals surface area contributed by atoms with Gasteiger partial charge in [0.05, 0.1) is 17.3 Å². The van der Waals surface area contributed by atoms with Crippen LogP contribution >= 0.6 is 11.3 Å². The van der Waals surface area contributed by atoms with Crippen molar-refractivity contribution in [3.05, 3.63) is 18.2 Å². The SMILES string of the molecule is COc1ccc2nc(NC(C)C(C)(C)C)sc2c1. The van der Waals surface area contributed by atoms with Crippen molar-refractivity contribution in [2.24, 2.45) is 5.41 Å². The van der Waals surface area contributed by atoms with Gasteiger partial charge in [0.1, 0.15) is 5.75 Å². The number of hydrogen-bond acceptors (Lipinski definition) is 4. The van der Waals surface area contributed by atoms with Gasteiger partial charge >= 0.3 is 0 Å². The number of aromatic nitrogens is 1. The summed E-state index contributed by atoms with van der Waals surface area (Å²) in [5, 5.41) is 4.45. The number of thiazole rings is 1. The molecule has 0 aliphatic heterocycles. The summed E-state index contributed by atoms with van der Waals surface area (Å²) in [5.41, 5.74) is 1.24. The number of nitrogens with zero attached hydrogens (tertiary/aromatic N) is 1. The number of nitrogens with one attached hydrogen (secondary N) is 1. The van der Waals surface area contributed by atoms with Crippen molar-refractivity contribution >= 4 is 26.7 Å². The van der Waals surface area contributed by atoms with Crippen molar-refractivity contribution in [2.45, 2.75) is 33.7 Å². The molecule has 0 fully saturated rings. The van der Waals surface area contributed by atoms with Crippen molar-refractivity contribution in [2.75, 3.05) is 12.4 Å². The van der Waals surface area contributed by atoms with Crippen LogP contribution in [-0.2, 0) is 0 Å². The number of fused-ring (bicyclic) bond motifs is 1. The molecule has 3 nitrogen and oxygen atoms in total. The van der Waals surface area contributed by atoms with Gasteiger partial charge in [0.25, 0.3) is 0 Å². The third-order valence-electron chi connectivity index (χ3n) is 3.23. The first-order valence-corrected chi connectivity index (χ1v) is 6.93. The molecule has 18 heavy (non-hydrogen) atoms. The first-order valence-electron chi connectivity index (χ1n) is 6.11. The van der Waals surface area contributed by atoms with Gasteiger partial charge < -0.3 is 10.1 Å². The molecular weight excluding hydrogens is 244 g/mol. The van der Waals surface area contributed by atoms with Crippen molar-refractivity contribution in [1.29, 1.82) is 0 Å². The smallest absolute Gasteiger partial charge is 0.184 e. The van der Waals surface area contributed by atoms with E-state index in [0.717, 1.165) is 21.1 Å². The third-order valence-corrected chi connectivity index (χ3v) is 4.18. The van der Waals surface area contributed by atoms with E-state index in [9.17, 15) is 0 Å². The highest BCUT2D eigenvalue weighted by Crippen LogP contribution is 2.31. The topological polar surface area (TPSA) is 34.1 Å². The molecule has 4 heteroatoms. The first kappa shape index (κ1) is 13.1. The van der Waals surface area contributed by atoms with Crippen molar-refractivity contribution in [3.63, 3.8) is 0 Å². The van der Waals surface area contributed by atoms with E-state index in [0.29, 0.717) is 6.04 Å². The molecule has 2 aromatic rings. The summed E-state index contributed by atoms with van der Waals surface area (Å²) >= 11 is 1.67. The van der Waals surface area contributed by atoms with Gasteiger partial charge in [-0.05, 0) is 30.5 Å². The summed E-state index contributed by atoms with van der Waals surface area (Å²) in [7, 11) is 1.68. The zero-order valence-corrected chi connectivity index (χ0v) is 12.4. The zero-order chi connectivity index (χ0) is 13.3. The maximum Gasteiger partial charge on any atom is 0.184 e. The van der Waals surface area contributed by atoms with Crippen LogP contribution in [0.3, 0.4) is 0 Å². The van der Waals surface area contributed by atoms with Crippen LogP contribution in [0.5, 0.6) is 5.75 Å². The summed E-state index contributed by atoms with van der Waals surface area (Å²) in [6.07, 6.45) is 0. The molecule has 1 atom stereocenters. The van der Waals surface area contributed by atoms with E-state index in [1.54, 1.807) is 18.4 Å². The lowest BCUT2D eigenvalue weighted by Crippen LogP contribution is -2.30. The third kappa shape index (κ3) is 2.75. The molecule has 1 unspecified atom stereocenters. The summed E-state index contributed by atoms with van der Waals surface area (Å²) in [6.45, 7) is 8.86. The van der Waals surface area contributed by atoms with Gasteiger partial charge in [-0.1, -0.05) is 32.1 Å². The summed E-state index contributed by atoms with van der Waals surface area (Å²) < 4.78 is 6.38. The lowest BCUT2D eigenvalue weighted by atomic mass is 9.88. The molecule has 0 saturated heterocycles. The molecule has 1 aromatic carbocycles. The standard InChI is InChI=1S/C14H20N2OS/c1-9(14(2,3)4)15-13-16-11-7-6-10(17-5)8-12(11)18-13/h6-9H,1-5H3,(H,15,16). The molecule has 0 saturated carbocycles. The van der Waals surface area contributed by atoms with Gasteiger partial charge in [0.2, 0.25) is 0 Å². The summed E-state index contributed by atoms with van der Waals surface area (Å²) in [6, 6.07) is 6.34. The molecule has 1 aromatic heterocycles. The maximum absolute atomic E-state index is 5.23. The molecule has 1 N–H and O–H groups in total. The van der Waals surface area contributed by atoms with E-state index in [2.05, 4.69) is 38.0 Å². The summed E-state index contributed by atoms with van der Waals surface area (Å²) in [4.78, 5) is 4.59. The molecule has 0 aliphatic rings. The molecule has 0 aliphatic carbocycles. The van der Waals surface area contributed by atoms with E-state index in [4.69, 9.17) is 4.74 Å². The Morgan fingerprint density at radius 2 is 2.06 bits per heavy atom. The lowest BCUT2D eigenvalue weighted by molar-refractivity contribution is 0.359. The normalized spacial score (nSPS) is 13.6. The quantitative estimate of drug-likeness (QED) is 0.904. The summed E-state index contributed by atoms with van der Waals surface area (Å²) in [5.74, 6) is 0.876. The molecule has 0 spiro atoms. The number of hydrogen-bond donors (Lipinski definition) is 1. The Bertz CT molecular complexity index is 542. The fraction of sp³-hybridized carbons (Fsp3) is 0.500. The fourth-order valence-corrected chi connectivity index (χ4v) is 2.48. The Balaban J connectivity index is 2.25. The number of ether oxygens (including phenoxy) is 1. The van der Waals surface area contributed by atoms with Crippen LogP contribution < -0.4 is 10.1 Å². The van der Waals surface area contributed by atoms with Crippen molar-refractivity contribution < 1.29 is 4.74 Å². The zero-order valence-electron chi connectivity index (χ0n) is 11.6. The number of methoxy groups -OCH3 is 1. The highest BCUT2D eigenvalue weighted by atomic mass is 32.1. The highest BCUT2D eigenvalue weighted by molar-refractivity contribution is 7.22. The second-order valence-electron chi connectivity index (χ2n) is 5.58. The molecule has 98 valence electrons. The van der Waals surface area contributed by atoms with Crippen molar-refractivity contribution in [1.82, 2.24) is 4.98 Å². The van der Waals surface area contributed by atoms with Gasteiger partial charge in [-0.15, -0.1) is 0 Å². The predicted molar refractivity (Wildman–Crippen MR) is 78.7 cm³/mol. The molecule has 2 rings (SSSR count). The van der Waals surface area contributed by atoms with Gasteiger partial charge in [-0.25, -0.2) is 4.98 Å². The van der Waals surface area contributed by atoms with E-state index in [1.807, 2.05) is 18.2 Å². The van der Waals surface area contributed by atoms with Crippen molar-refractivity contribution in [3.8, 4) is 5.75 Å². The fourth-order valence-electron chi connectivity index (χ4n) is 1.50. The van der Waals surface area contributed by atoms with Gasteiger partial charge in [0, 0.05) is 6.04 Å². The van der Waals surface area contributed by atoms with Crippen LogP contribution in [0.2, 0.25) is 0 Å². The Morgan fingerprint density at radius 1 is 1.33 bits per heavy atom. The minimum Gasteiger partial charge on any atom is -0.497 e. The average Bonchev–Trinajstić information content (AvgIpc) is 2.68. The highest BCUT2D eigenvalue weighted by Gasteiger charge is 2.20. The number of rotatable bonds is 3. The number of anilines is 1. The average molecular weight is 264 g/mol. The Hall–Kier alpha value is -1.29. The lowest BCUT2D eigenvalue weighted by Gasteiger charge is -2.27. The van der Waals surface area contributed by atoms with Crippen LogP contribution in [0.4, 0.5) is 5.13 Å². The van der Waals surface area contributed by atoms with E-state index >= 15 is 0 Å². The minimum absolute atomic E-state index is 0.218. The predicted octanol–water partition coefficient (Wildman–Crippen LogP) is 4.15. The van der Waals surface area contributed by atoms with E-state index in [1.165, 1.54) is 0 Å². The Labute approximate surface area is 112 Å². The van der Waals surface area contributed by atoms with E-state index in [-0.39, 0.29) is 5.41 Å². The van der Waals surface area contributed by atoms with Crippen LogP contribution in [-0.4, -0.2) is 18.1 Å². The molecular formula is C14H20N2OS. The minimum atomic E-state index is 0.218. The van der Waals surface area contributed by atoms with Crippen LogP contribution in [0.1, 0.15) is 27.7 Å². The first-order chi connectivity index (χ1) is 8.40. The molecule has 1 heterocycles. The second kappa shape index (κ2) is 4.76. The van der Waals surface area contributed by atoms with Crippen LogP contribution in [0.15, 0.2) is 18.2 Å². The monoisotopic (exact) mass is 264 g/mol. The molecule has 0 radical (unpaired) electrons. The van der Waals surface area contributed by atoms with Gasteiger partial charge in [-0.2, -0.15) is 0 Å². The van der Waals surface area contributed by atoms with Gasteiger partial charge in [-0.3, -0.25) is 0 Å². The van der Waals surface area contributed by atoms with Crippen LogP contribution in [0.25, 0.3) is 10.2 Å². The Morgan fingerprint density at radius 3 is 2.67 bits per heavy atom. The second-order valence-corrected chi connectivity index (χ2v) is 6.62. The van der Waals surface area contributed by atoms with Gasteiger partial charge in [0.15, 0.2) is 5.13 Å². The number of benzene rings is 1. The largest absolute Gasteiger partial charge is 0.497 e. The Kier molecular flexibility index (Phi) is 3.48.